The van der Waals surface area contributed by atoms with E-state index >= 15 is 0 Å². The second-order valence-corrected chi connectivity index (χ2v) is 4.91. The number of amides is 2. The molecular formula is C13H16F2N2O3. The molecule has 2 N–H and O–H groups in total. The minimum absolute atomic E-state index is 0.0900. The van der Waals surface area contributed by atoms with Gasteiger partial charge in [-0.25, -0.2) is 13.6 Å². The van der Waals surface area contributed by atoms with Crippen LogP contribution in [0.15, 0.2) is 18.2 Å². The quantitative estimate of drug-likeness (QED) is 0.896. The minimum Gasteiger partial charge on any atom is -0.348 e. The van der Waals surface area contributed by atoms with Gasteiger partial charge in [-0.1, -0.05) is 0 Å². The molecule has 1 fully saturated rings. The molecule has 1 unspecified atom stereocenters. The van der Waals surface area contributed by atoms with Crippen LogP contribution in [-0.2, 0) is 9.47 Å². The molecule has 0 saturated carbocycles. The number of carbonyl (C=O) groups is 1. The van der Waals surface area contributed by atoms with Crippen LogP contribution >= 0.6 is 0 Å². The maximum absolute atomic E-state index is 13.3. The molecule has 1 aromatic rings. The van der Waals surface area contributed by atoms with Crippen molar-refractivity contribution in [3.63, 3.8) is 0 Å². The zero-order chi connectivity index (χ0) is 14.8. The van der Waals surface area contributed by atoms with Crippen molar-refractivity contribution in [2.45, 2.75) is 25.7 Å². The fraction of sp³-hybridized carbons (Fsp3) is 0.462. The molecule has 0 spiro atoms. The first-order chi connectivity index (χ1) is 9.35. The number of carbonyl (C=O) groups excluding carboxylic acids is 1. The van der Waals surface area contributed by atoms with Crippen LogP contribution in [0.5, 0.6) is 0 Å². The van der Waals surface area contributed by atoms with E-state index in [0.29, 0.717) is 12.7 Å². The molecule has 1 aromatic carbocycles. The Kier molecular flexibility index (Phi) is 4.20. The van der Waals surface area contributed by atoms with Gasteiger partial charge in [0.05, 0.1) is 12.3 Å². The molecule has 7 heteroatoms. The van der Waals surface area contributed by atoms with Crippen LogP contribution in [0.3, 0.4) is 0 Å². The third-order valence-corrected chi connectivity index (χ3v) is 2.74. The number of benzene rings is 1. The third-order valence-electron chi connectivity index (χ3n) is 2.74. The lowest BCUT2D eigenvalue weighted by molar-refractivity contribution is -0.137. The average Bonchev–Trinajstić information content (AvgIpc) is 2.70. The van der Waals surface area contributed by atoms with Gasteiger partial charge < -0.3 is 20.1 Å². The monoisotopic (exact) mass is 286 g/mol. The van der Waals surface area contributed by atoms with Gasteiger partial charge in [-0.05, 0) is 26.0 Å². The molecule has 110 valence electrons. The topological polar surface area (TPSA) is 59.6 Å². The summed E-state index contributed by atoms with van der Waals surface area (Å²) in [6.45, 7) is 4.16. The highest BCUT2D eigenvalue weighted by Crippen LogP contribution is 2.21. The molecule has 1 heterocycles. The molecule has 0 radical (unpaired) electrons. The Labute approximate surface area is 115 Å². The number of rotatable bonds is 3. The Morgan fingerprint density at radius 3 is 2.80 bits per heavy atom. The summed E-state index contributed by atoms with van der Waals surface area (Å²) in [5.41, 5.74) is -0.0900. The number of hydrogen-bond acceptors (Lipinski definition) is 3. The molecule has 5 nitrogen and oxygen atoms in total. The lowest BCUT2D eigenvalue weighted by Gasteiger charge is -2.17. The zero-order valence-electron chi connectivity index (χ0n) is 11.2. The van der Waals surface area contributed by atoms with Gasteiger partial charge in [0.15, 0.2) is 5.79 Å². The van der Waals surface area contributed by atoms with E-state index in [1.165, 1.54) is 0 Å². The number of anilines is 1. The standard InChI is InChI=1S/C13H16F2N2O3/c1-13(2)19-7-9(20-13)6-16-12(18)17-11-4-3-8(14)5-10(11)15/h3-5,9H,6-7H2,1-2H3,(H2,16,17,18). The van der Waals surface area contributed by atoms with Gasteiger partial charge in [-0.3, -0.25) is 0 Å². The Morgan fingerprint density at radius 1 is 1.45 bits per heavy atom. The minimum atomic E-state index is -0.832. The van der Waals surface area contributed by atoms with E-state index in [2.05, 4.69) is 10.6 Å². The van der Waals surface area contributed by atoms with E-state index in [1.807, 2.05) is 0 Å². The highest BCUT2D eigenvalue weighted by molar-refractivity contribution is 5.89. The van der Waals surface area contributed by atoms with Gasteiger partial charge in [0.1, 0.15) is 17.7 Å². The van der Waals surface area contributed by atoms with Crippen molar-refractivity contribution in [2.24, 2.45) is 0 Å². The summed E-state index contributed by atoms with van der Waals surface area (Å²) in [6, 6.07) is 2.33. The van der Waals surface area contributed by atoms with Crippen LogP contribution < -0.4 is 10.6 Å². The van der Waals surface area contributed by atoms with E-state index in [1.54, 1.807) is 13.8 Å². The van der Waals surface area contributed by atoms with Crippen LogP contribution in [0, 0.1) is 11.6 Å². The van der Waals surface area contributed by atoms with Crippen molar-refractivity contribution in [3.05, 3.63) is 29.8 Å². The van der Waals surface area contributed by atoms with Gasteiger partial charge in [-0.15, -0.1) is 0 Å². The number of halogens is 2. The van der Waals surface area contributed by atoms with Crippen molar-refractivity contribution < 1.29 is 23.0 Å². The Morgan fingerprint density at radius 2 is 2.20 bits per heavy atom. The highest BCUT2D eigenvalue weighted by Gasteiger charge is 2.32. The molecule has 0 bridgehead atoms. The van der Waals surface area contributed by atoms with Crippen LogP contribution in [0.4, 0.5) is 19.3 Å². The van der Waals surface area contributed by atoms with E-state index in [4.69, 9.17) is 9.47 Å². The van der Waals surface area contributed by atoms with E-state index in [-0.39, 0.29) is 18.3 Å². The lowest BCUT2D eigenvalue weighted by atomic mass is 10.3. The van der Waals surface area contributed by atoms with Crippen molar-refractivity contribution >= 4 is 11.7 Å². The molecule has 2 rings (SSSR count). The first-order valence-electron chi connectivity index (χ1n) is 6.17. The van der Waals surface area contributed by atoms with Crippen LogP contribution in [0.25, 0.3) is 0 Å². The van der Waals surface area contributed by atoms with Gasteiger partial charge >= 0.3 is 6.03 Å². The van der Waals surface area contributed by atoms with Crippen molar-refractivity contribution in [1.29, 1.82) is 0 Å². The number of ether oxygens (including phenoxy) is 2. The molecule has 0 aliphatic carbocycles. The number of urea groups is 1. The fourth-order valence-electron chi connectivity index (χ4n) is 1.83. The summed E-state index contributed by atoms with van der Waals surface area (Å²) in [7, 11) is 0. The van der Waals surface area contributed by atoms with Gasteiger partial charge in [0.25, 0.3) is 0 Å². The molecule has 2 amide bonds. The summed E-state index contributed by atoms with van der Waals surface area (Å²) >= 11 is 0. The highest BCUT2D eigenvalue weighted by atomic mass is 19.1. The number of hydrogen-bond donors (Lipinski definition) is 2. The van der Waals surface area contributed by atoms with E-state index < -0.39 is 23.5 Å². The SMILES string of the molecule is CC1(C)OCC(CNC(=O)Nc2ccc(F)cc2F)O1. The second-order valence-electron chi connectivity index (χ2n) is 4.91. The number of nitrogens with one attached hydrogen (secondary N) is 2. The Hall–Kier alpha value is -1.73. The summed E-state index contributed by atoms with van der Waals surface area (Å²) in [5, 5.41) is 4.83. The van der Waals surface area contributed by atoms with E-state index in [9.17, 15) is 13.6 Å². The predicted molar refractivity (Wildman–Crippen MR) is 68.3 cm³/mol. The lowest BCUT2D eigenvalue weighted by Crippen LogP contribution is -2.37. The molecule has 1 atom stereocenters. The Balaban J connectivity index is 1.81. The molecule has 1 aliphatic heterocycles. The summed E-state index contributed by atoms with van der Waals surface area (Å²) in [5.74, 6) is -2.19. The molecule has 20 heavy (non-hydrogen) atoms. The van der Waals surface area contributed by atoms with Crippen molar-refractivity contribution in [2.75, 3.05) is 18.5 Å². The molecular weight excluding hydrogens is 270 g/mol. The molecule has 1 saturated heterocycles. The maximum atomic E-state index is 13.3. The van der Waals surface area contributed by atoms with Gasteiger partial charge in [0, 0.05) is 12.6 Å². The third kappa shape index (κ3) is 3.88. The second kappa shape index (κ2) is 5.72. The van der Waals surface area contributed by atoms with Crippen molar-refractivity contribution in [1.82, 2.24) is 5.32 Å². The Bertz CT molecular complexity index is 508. The zero-order valence-corrected chi connectivity index (χ0v) is 11.2. The van der Waals surface area contributed by atoms with Crippen molar-refractivity contribution in [3.8, 4) is 0 Å². The van der Waals surface area contributed by atoms with Crippen LogP contribution in [0.1, 0.15) is 13.8 Å². The predicted octanol–water partition coefficient (Wildman–Crippen LogP) is 2.24. The van der Waals surface area contributed by atoms with Gasteiger partial charge in [0.2, 0.25) is 0 Å². The van der Waals surface area contributed by atoms with Gasteiger partial charge in [-0.2, -0.15) is 0 Å². The van der Waals surface area contributed by atoms with Crippen LogP contribution in [0.2, 0.25) is 0 Å². The smallest absolute Gasteiger partial charge is 0.319 e. The normalized spacial score (nSPS) is 20.7. The van der Waals surface area contributed by atoms with Crippen LogP contribution in [-0.4, -0.2) is 31.1 Å². The average molecular weight is 286 g/mol. The first-order valence-corrected chi connectivity index (χ1v) is 6.17. The van der Waals surface area contributed by atoms with E-state index in [0.717, 1.165) is 12.1 Å². The summed E-state index contributed by atoms with van der Waals surface area (Å²) < 4.78 is 36.9. The summed E-state index contributed by atoms with van der Waals surface area (Å²) in [4.78, 5) is 11.6. The first kappa shape index (κ1) is 14.7. The largest absolute Gasteiger partial charge is 0.348 e. The molecule has 1 aliphatic rings. The molecule has 0 aromatic heterocycles. The fourth-order valence-corrected chi connectivity index (χ4v) is 1.83. The maximum Gasteiger partial charge on any atom is 0.319 e. The summed E-state index contributed by atoms with van der Waals surface area (Å²) in [6.07, 6.45) is -0.256.